The summed E-state index contributed by atoms with van der Waals surface area (Å²) >= 11 is 0. The van der Waals surface area contributed by atoms with Crippen molar-refractivity contribution in [3.8, 4) is 0 Å². The molecule has 0 aliphatic carbocycles. The Kier molecular flexibility index (Phi) is 3.54. The number of nitrogens with zero attached hydrogens (tertiary/aromatic N) is 3. The molecule has 0 amide bonds. The van der Waals surface area contributed by atoms with E-state index in [2.05, 4.69) is 10.1 Å². The van der Waals surface area contributed by atoms with Crippen LogP contribution >= 0.6 is 0 Å². The average molecular weight is 221 g/mol. The number of nitrogens with two attached hydrogens (primary N) is 1. The van der Waals surface area contributed by atoms with Gasteiger partial charge in [-0.05, 0) is 12.1 Å². The molecule has 2 aromatic rings. The molecule has 0 aromatic carbocycles. The first-order chi connectivity index (χ1) is 7.52. The van der Waals surface area contributed by atoms with Gasteiger partial charge in [0.05, 0.1) is 5.52 Å². The summed E-state index contributed by atoms with van der Waals surface area (Å²) in [6.07, 6.45) is 3.19. The molecule has 0 fully saturated rings. The number of hydrogen-bond donors (Lipinski definition) is 3. The first-order valence-corrected chi connectivity index (χ1v) is 4.34. The van der Waals surface area contributed by atoms with E-state index in [1.807, 2.05) is 6.07 Å². The van der Waals surface area contributed by atoms with Crippen LogP contribution in [0.5, 0.6) is 0 Å². The maximum Gasteiger partial charge on any atom is 0.300 e. The summed E-state index contributed by atoms with van der Waals surface area (Å²) in [4.78, 5) is 12.9. The van der Waals surface area contributed by atoms with Crippen LogP contribution in [0.2, 0.25) is 0 Å². The van der Waals surface area contributed by atoms with E-state index in [0.29, 0.717) is 5.69 Å². The molecule has 2 heterocycles. The molecule has 2 rings (SSSR count). The van der Waals surface area contributed by atoms with Gasteiger partial charge in [0, 0.05) is 13.1 Å². The Morgan fingerprint density at radius 2 is 2.25 bits per heavy atom. The lowest BCUT2D eigenvalue weighted by atomic mass is 10.3. The maximum atomic E-state index is 9.00. The third kappa shape index (κ3) is 2.77. The van der Waals surface area contributed by atoms with Gasteiger partial charge in [0.1, 0.15) is 17.9 Å². The van der Waals surface area contributed by atoms with Crippen LogP contribution in [0.25, 0.3) is 5.52 Å². The lowest BCUT2D eigenvalue weighted by Crippen LogP contribution is -2.11. The Hall–Kier alpha value is -2.44. The number of imidazole rings is 1. The zero-order chi connectivity index (χ0) is 12.1. The van der Waals surface area contributed by atoms with Crippen LogP contribution in [-0.4, -0.2) is 31.5 Å². The highest BCUT2D eigenvalue weighted by atomic mass is 16.4. The second kappa shape index (κ2) is 4.87. The summed E-state index contributed by atoms with van der Waals surface area (Å²) in [5.74, 6) is -0.870. The zero-order valence-corrected chi connectivity index (χ0v) is 8.58. The van der Waals surface area contributed by atoms with Crippen molar-refractivity contribution in [3.63, 3.8) is 0 Å². The van der Waals surface area contributed by atoms with Gasteiger partial charge >= 0.3 is 0 Å². The number of amidine groups is 1. The van der Waals surface area contributed by atoms with E-state index in [1.54, 1.807) is 16.8 Å². The van der Waals surface area contributed by atoms with Gasteiger partial charge in [-0.25, -0.2) is 9.50 Å². The number of fused-ring (bicyclic) bond motifs is 1. The van der Waals surface area contributed by atoms with Crippen LogP contribution in [-0.2, 0) is 4.79 Å². The zero-order valence-electron chi connectivity index (χ0n) is 8.58. The predicted octanol–water partition coefficient (Wildman–Crippen LogP) is 0.104. The first-order valence-electron chi connectivity index (χ1n) is 4.34. The molecule has 0 radical (unpaired) electrons. The molecular formula is C9H11N5O2. The van der Waals surface area contributed by atoms with Crippen molar-refractivity contribution in [3.05, 3.63) is 30.4 Å². The van der Waals surface area contributed by atoms with Crippen molar-refractivity contribution < 1.29 is 9.90 Å². The summed E-state index contributed by atoms with van der Waals surface area (Å²) < 4.78 is 1.58. The SMILES string of the molecule is CC(=O)O.N=C(N)c1ncn2ncccc12. The fraction of sp³-hybridized carbons (Fsp3) is 0.111. The largest absolute Gasteiger partial charge is 0.481 e. The van der Waals surface area contributed by atoms with Crippen LogP contribution < -0.4 is 5.73 Å². The van der Waals surface area contributed by atoms with Crippen molar-refractivity contribution >= 4 is 17.3 Å². The van der Waals surface area contributed by atoms with Crippen molar-refractivity contribution in [2.24, 2.45) is 5.73 Å². The van der Waals surface area contributed by atoms with Crippen LogP contribution in [0.3, 0.4) is 0 Å². The minimum absolute atomic E-state index is 0.0366. The molecule has 0 spiro atoms. The van der Waals surface area contributed by atoms with Gasteiger partial charge in [-0.15, -0.1) is 0 Å². The van der Waals surface area contributed by atoms with Gasteiger partial charge in [0.15, 0.2) is 0 Å². The van der Waals surface area contributed by atoms with Crippen molar-refractivity contribution in [2.75, 3.05) is 0 Å². The molecule has 0 unspecified atom stereocenters. The maximum absolute atomic E-state index is 9.00. The third-order valence-electron chi connectivity index (χ3n) is 1.57. The van der Waals surface area contributed by atoms with Crippen molar-refractivity contribution in [2.45, 2.75) is 6.92 Å². The highest BCUT2D eigenvalue weighted by molar-refractivity contribution is 5.99. The van der Waals surface area contributed by atoms with E-state index in [9.17, 15) is 0 Å². The van der Waals surface area contributed by atoms with E-state index >= 15 is 0 Å². The number of aliphatic carboxylic acids is 1. The summed E-state index contributed by atoms with van der Waals surface area (Å²) in [5, 5.41) is 18.6. The normalized spacial score (nSPS) is 9.31. The topological polar surface area (TPSA) is 117 Å². The van der Waals surface area contributed by atoms with Gasteiger partial charge < -0.3 is 10.8 Å². The Labute approximate surface area is 91.0 Å². The van der Waals surface area contributed by atoms with Crippen LogP contribution in [0.15, 0.2) is 24.7 Å². The Morgan fingerprint density at radius 3 is 2.81 bits per heavy atom. The molecule has 16 heavy (non-hydrogen) atoms. The molecule has 0 aliphatic rings. The molecule has 0 saturated heterocycles. The minimum atomic E-state index is -0.833. The molecule has 0 saturated carbocycles. The van der Waals surface area contributed by atoms with E-state index in [1.165, 1.54) is 6.33 Å². The minimum Gasteiger partial charge on any atom is -0.481 e. The summed E-state index contributed by atoms with van der Waals surface area (Å²) in [5.41, 5.74) is 6.53. The van der Waals surface area contributed by atoms with E-state index in [0.717, 1.165) is 12.4 Å². The second-order valence-corrected chi connectivity index (χ2v) is 2.88. The summed E-state index contributed by atoms with van der Waals surface area (Å²) in [6, 6.07) is 3.60. The number of aromatic nitrogens is 3. The molecule has 7 nitrogen and oxygen atoms in total. The highest BCUT2D eigenvalue weighted by Crippen LogP contribution is 2.05. The van der Waals surface area contributed by atoms with Crippen molar-refractivity contribution in [1.82, 2.24) is 14.6 Å². The first kappa shape index (κ1) is 11.6. The number of carboxylic acid groups (broad SMARTS) is 1. The molecule has 4 N–H and O–H groups in total. The molecule has 7 heteroatoms. The Morgan fingerprint density at radius 1 is 1.62 bits per heavy atom. The van der Waals surface area contributed by atoms with Crippen molar-refractivity contribution in [1.29, 1.82) is 5.41 Å². The fourth-order valence-corrected chi connectivity index (χ4v) is 1.05. The van der Waals surface area contributed by atoms with Gasteiger partial charge in [-0.2, -0.15) is 5.10 Å². The van der Waals surface area contributed by atoms with Crippen LogP contribution in [0, 0.1) is 5.41 Å². The average Bonchev–Trinajstić information content (AvgIpc) is 2.59. The van der Waals surface area contributed by atoms with Gasteiger partial charge in [-0.1, -0.05) is 0 Å². The fourth-order valence-electron chi connectivity index (χ4n) is 1.05. The summed E-state index contributed by atoms with van der Waals surface area (Å²) in [7, 11) is 0. The molecular weight excluding hydrogens is 210 g/mol. The Bertz CT molecular complexity index is 515. The highest BCUT2D eigenvalue weighted by Gasteiger charge is 2.05. The lowest BCUT2D eigenvalue weighted by molar-refractivity contribution is -0.134. The molecule has 2 aromatic heterocycles. The monoisotopic (exact) mass is 221 g/mol. The quantitative estimate of drug-likeness (QED) is 0.466. The Balaban J connectivity index is 0.000000280. The number of carbonyl (C=O) groups is 1. The number of nitrogens with one attached hydrogen (secondary N) is 1. The lowest BCUT2D eigenvalue weighted by Gasteiger charge is -1.92. The molecule has 0 atom stereocenters. The molecule has 84 valence electrons. The third-order valence-corrected chi connectivity index (χ3v) is 1.57. The number of carboxylic acids is 1. The predicted molar refractivity (Wildman–Crippen MR) is 57.3 cm³/mol. The van der Waals surface area contributed by atoms with Gasteiger partial charge in [-0.3, -0.25) is 10.2 Å². The van der Waals surface area contributed by atoms with Crippen LogP contribution in [0.1, 0.15) is 12.6 Å². The standard InChI is InChI=1S/C7H7N5.C2H4O2/c8-7(9)6-5-2-1-3-11-12(5)4-10-6;1-2(3)4/h1-4H,(H3,8,9);1H3,(H,3,4). The van der Waals surface area contributed by atoms with Gasteiger partial charge in [0.25, 0.3) is 5.97 Å². The second-order valence-electron chi connectivity index (χ2n) is 2.88. The van der Waals surface area contributed by atoms with E-state index in [-0.39, 0.29) is 5.84 Å². The van der Waals surface area contributed by atoms with E-state index < -0.39 is 5.97 Å². The number of rotatable bonds is 1. The molecule has 0 aliphatic heterocycles. The van der Waals surface area contributed by atoms with Gasteiger partial charge in [0.2, 0.25) is 0 Å². The molecule has 0 bridgehead atoms. The number of nitrogen functional groups attached to an aromatic ring is 1. The smallest absolute Gasteiger partial charge is 0.300 e. The summed E-state index contributed by atoms with van der Waals surface area (Å²) in [6.45, 7) is 1.08. The van der Waals surface area contributed by atoms with Crippen LogP contribution in [0.4, 0.5) is 0 Å². The number of hydrogen-bond acceptors (Lipinski definition) is 4. The van der Waals surface area contributed by atoms with E-state index in [4.69, 9.17) is 21.0 Å².